The zero-order chi connectivity index (χ0) is 12.4. The summed E-state index contributed by atoms with van der Waals surface area (Å²) in [5, 5.41) is 0. The number of hydrogen-bond donors (Lipinski definition) is 1. The first kappa shape index (κ1) is 12.4. The molecule has 1 heterocycles. The molecule has 3 heteroatoms. The molecule has 94 valence electrons. The van der Waals surface area contributed by atoms with Gasteiger partial charge in [0.25, 0.3) is 0 Å². The summed E-state index contributed by atoms with van der Waals surface area (Å²) in [6, 6.07) is 6.86. The minimum Gasteiger partial charge on any atom is -0.399 e. The maximum atomic E-state index is 5.95. The Hall–Kier alpha value is -1.06. The van der Waals surface area contributed by atoms with Gasteiger partial charge in [-0.2, -0.15) is 0 Å². The first-order valence-corrected chi connectivity index (χ1v) is 6.34. The van der Waals surface area contributed by atoms with E-state index in [1.807, 2.05) is 6.07 Å². The van der Waals surface area contributed by atoms with Crippen LogP contribution in [0, 0.1) is 6.92 Å². The fourth-order valence-corrected chi connectivity index (χ4v) is 2.38. The van der Waals surface area contributed by atoms with Crippen molar-refractivity contribution in [3.63, 3.8) is 0 Å². The van der Waals surface area contributed by atoms with Gasteiger partial charge < -0.3 is 10.6 Å². The summed E-state index contributed by atoms with van der Waals surface area (Å²) in [5.74, 6) is 0. The van der Waals surface area contributed by atoms with Crippen LogP contribution in [0.5, 0.6) is 0 Å². The molecule has 0 aliphatic carbocycles. The average molecular weight is 233 g/mol. The lowest BCUT2D eigenvalue weighted by Gasteiger charge is -2.37. The van der Waals surface area contributed by atoms with Crippen LogP contribution in [0.4, 0.5) is 5.69 Å². The summed E-state index contributed by atoms with van der Waals surface area (Å²) in [6.45, 7) is 8.87. The Morgan fingerprint density at radius 1 is 1.35 bits per heavy atom. The average Bonchev–Trinajstić information content (AvgIpc) is 2.30. The van der Waals surface area contributed by atoms with Crippen LogP contribution in [-0.4, -0.2) is 42.5 Å². The number of anilines is 1. The van der Waals surface area contributed by atoms with E-state index in [1.54, 1.807) is 0 Å². The number of hydrogen-bond acceptors (Lipinski definition) is 3. The molecule has 0 bridgehead atoms. The molecule has 0 aromatic heterocycles. The minimum absolute atomic E-state index is 0.644. The van der Waals surface area contributed by atoms with Crippen LogP contribution in [0.25, 0.3) is 0 Å². The van der Waals surface area contributed by atoms with Gasteiger partial charge in [0, 0.05) is 37.9 Å². The van der Waals surface area contributed by atoms with Gasteiger partial charge in [0.15, 0.2) is 0 Å². The topological polar surface area (TPSA) is 32.5 Å². The Kier molecular flexibility index (Phi) is 3.69. The molecular formula is C14H23N3. The van der Waals surface area contributed by atoms with Crippen molar-refractivity contribution in [3.05, 3.63) is 29.3 Å². The number of nitrogens with two attached hydrogens (primary N) is 1. The van der Waals surface area contributed by atoms with Crippen molar-refractivity contribution in [1.82, 2.24) is 9.80 Å². The van der Waals surface area contributed by atoms with Gasteiger partial charge in [-0.25, -0.2) is 0 Å². The Morgan fingerprint density at radius 2 is 2.12 bits per heavy atom. The van der Waals surface area contributed by atoms with Gasteiger partial charge in [-0.05, 0) is 38.1 Å². The third-order valence-corrected chi connectivity index (χ3v) is 3.93. The van der Waals surface area contributed by atoms with Crippen LogP contribution >= 0.6 is 0 Å². The predicted molar refractivity (Wildman–Crippen MR) is 73.0 cm³/mol. The molecule has 1 unspecified atom stereocenters. The number of likely N-dealkylation sites (N-methyl/N-ethyl adjacent to an activating group) is 1. The summed E-state index contributed by atoms with van der Waals surface area (Å²) in [5.41, 5.74) is 9.45. The van der Waals surface area contributed by atoms with E-state index >= 15 is 0 Å². The van der Waals surface area contributed by atoms with Crippen molar-refractivity contribution in [2.45, 2.75) is 26.4 Å². The Balaban J connectivity index is 2.04. The summed E-state index contributed by atoms with van der Waals surface area (Å²) in [4.78, 5) is 4.94. The van der Waals surface area contributed by atoms with Gasteiger partial charge in [0.2, 0.25) is 0 Å². The summed E-state index contributed by atoms with van der Waals surface area (Å²) in [6.07, 6.45) is 0. The number of benzene rings is 1. The van der Waals surface area contributed by atoms with E-state index in [0.717, 1.165) is 31.9 Å². The molecule has 1 aromatic rings. The largest absolute Gasteiger partial charge is 0.399 e. The highest BCUT2D eigenvalue weighted by molar-refractivity contribution is 5.49. The fourth-order valence-electron chi connectivity index (χ4n) is 2.38. The second kappa shape index (κ2) is 5.07. The van der Waals surface area contributed by atoms with Crippen LogP contribution < -0.4 is 5.73 Å². The van der Waals surface area contributed by atoms with Crippen molar-refractivity contribution >= 4 is 5.69 Å². The van der Waals surface area contributed by atoms with Gasteiger partial charge in [0.1, 0.15) is 0 Å². The van der Waals surface area contributed by atoms with Gasteiger partial charge in [0.05, 0.1) is 0 Å². The van der Waals surface area contributed by atoms with E-state index in [0.29, 0.717) is 6.04 Å². The van der Waals surface area contributed by atoms with E-state index in [2.05, 4.69) is 42.8 Å². The number of nitrogen functional groups attached to an aromatic ring is 1. The highest BCUT2D eigenvalue weighted by Crippen LogP contribution is 2.18. The van der Waals surface area contributed by atoms with E-state index in [1.165, 1.54) is 11.1 Å². The van der Waals surface area contributed by atoms with Crippen LogP contribution in [-0.2, 0) is 6.54 Å². The van der Waals surface area contributed by atoms with Gasteiger partial charge in [-0.15, -0.1) is 0 Å². The van der Waals surface area contributed by atoms with Crippen molar-refractivity contribution in [1.29, 1.82) is 0 Å². The lowest BCUT2D eigenvalue weighted by Crippen LogP contribution is -2.49. The third kappa shape index (κ3) is 2.79. The lowest BCUT2D eigenvalue weighted by atomic mass is 10.1. The summed E-state index contributed by atoms with van der Waals surface area (Å²) >= 11 is 0. The molecule has 2 rings (SSSR count). The smallest absolute Gasteiger partial charge is 0.0346 e. The number of nitrogens with zero attached hydrogens (tertiary/aromatic N) is 2. The molecule has 1 atom stereocenters. The molecule has 0 amide bonds. The standard InChI is InChI=1S/C14H23N3/c1-11-9-17(8-7-16(11)3)10-13-5-4-6-14(15)12(13)2/h4-6,11H,7-10,15H2,1-3H3. The first-order valence-electron chi connectivity index (χ1n) is 6.34. The zero-order valence-electron chi connectivity index (χ0n) is 11.1. The monoisotopic (exact) mass is 233 g/mol. The van der Waals surface area contributed by atoms with E-state index < -0.39 is 0 Å². The lowest BCUT2D eigenvalue weighted by molar-refractivity contribution is 0.0999. The zero-order valence-corrected chi connectivity index (χ0v) is 11.1. The molecule has 1 fully saturated rings. The minimum atomic E-state index is 0.644. The molecule has 2 N–H and O–H groups in total. The second-order valence-corrected chi connectivity index (χ2v) is 5.20. The van der Waals surface area contributed by atoms with Crippen LogP contribution in [0.15, 0.2) is 18.2 Å². The Bertz CT molecular complexity index is 389. The van der Waals surface area contributed by atoms with Crippen molar-refractivity contribution in [2.75, 3.05) is 32.4 Å². The highest BCUT2D eigenvalue weighted by Gasteiger charge is 2.20. The van der Waals surface area contributed by atoms with Crippen molar-refractivity contribution < 1.29 is 0 Å². The summed E-state index contributed by atoms with van der Waals surface area (Å²) in [7, 11) is 2.20. The molecule has 0 spiro atoms. The van der Waals surface area contributed by atoms with E-state index in [9.17, 15) is 0 Å². The number of piperazine rings is 1. The molecule has 0 radical (unpaired) electrons. The first-order chi connectivity index (χ1) is 8.08. The SMILES string of the molecule is Cc1c(N)cccc1CN1CCN(C)C(C)C1. The van der Waals surface area contributed by atoms with Crippen molar-refractivity contribution in [2.24, 2.45) is 0 Å². The van der Waals surface area contributed by atoms with Gasteiger partial charge >= 0.3 is 0 Å². The number of rotatable bonds is 2. The Morgan fingerprint density at radius 3 is 2.82 bits per heavy atom. The molecule has 1 aliphatic heterocycles. The Labute approximate surface area is 104 Å². The summed E-state index contributed by atoms with van der Waals surface area (Å²) < 4.78 is 0. The second-order valence-electron chi connectivity index (χ2n) is 5.20. The molecule has 1 aromatic carbocycles. The third-order valence-electron chi connectivity index (χ3n) is 3.93. The highest BCUT2D eigenvalue weighted by atomic mass is 15.3. The van der Waals surface area contributed by atoms with Gasteiger partial charge in [-0.3, -0.25) is 4.90 Å². The normalized spacial score (nSPS) is 22.9. The molecule has 0 saturated carbocycles. The van der Waals surface area contributed by atoms with E-state index in [-0.39, 0.29) is 0 Å². The fraction of sp³-hybridized carbons (Fsp3) is 0.571. The molecule has 1 saturated heterocycles. The van der Waals surface area contributed by atoms with Gasteiger partial charge in [-0.1, -0.05) is 12.1 Å². The maximum Gasteiger partial charge on any atom is 0.0346 e. The van der Waals surface area contributed by atoms with Crippen LogP contribution in [0.3, 0.4) is 0 Å². The molecule has 1 aliphatic rings. The quantitative estimate of drug-likeness (QED) is 0.789. The molecule has 3 nitrogen and oxygen atoms in total. The maximum absolute atomic E-state index is 5.95. The van der Waals surface area contributed by atoms with Crippen LogP contribution in [0.1, 0.15) is 18.1 Å². The van der Waals surface area contributed by atoms with Crippen LogP contribution in [0.2, 0.25) is 0 Å². The van der Waals surface area contributed by atoms with E-state index in [4.69, 9.17) is 5.73 Å². The molecule has 17 heavy (non-hydrogen) atoms. The molecular weight excluding hydrogens is 210 g/mol. The van der Waals surface area contributed by atoms with Crippen molar-refractivity contribution in [3.8, 4) is 0 Å². The predicted octanol–water partition coefficient (Wildman–Crippen LogP) is 1.71.